The molecule has 1 aromatic heterocycles. The summed E-state index contributed by atoms with van der Waals surface area (Å²) in [5.74, 6) is -1.28. The van der Waals surface area contributed by atoms with Crippen LogP contribution < -0.4 is 11.1 Å². The highest BCUT2D eigenvalue weighted by Gasteiger charge is 2.25. The Kier molecular flexibility index (Phi) is 4.28. The number of amides is 1. The molecular weight excluding hydrogens is 224 g/mol. The number of carboxylic acid groups (broad SMARTS) is 1. The summed E-state index contributed by atoms with van der Waals surface area (Å²) >= 11 is 0. The average molecular weight is 240 g/mol. The van der Waals surface area contributed by atoms with Crippen molar-refractivity contribution in [3.8, 4) is 0 Å². The number of furan rings is 1. The van der Waals surface area contributed by atoms with Crippen molar-refractivity contribution in [1.29, 1.82) is 0 Å². The first kappa shape index (κ1) is 13.2. The first-order chi connectivity index (χ1) is 7.95. The van der Waals surface area contributed by atoms with Gasteiger partial charge in [0.1, 0.15) is 11.8 Å². The van der Waals surface area contributed by atoms with E-state index in [0.717, 1.165) is 0 Å². The molecule has 1 atom stereocenters. The molecular formula is C11H16N2O4. The Labute approximate surface area is 98.8 Å². The molecule has 0 saturated carbocycles. The van der Waals surface area contributed by atoms with Gasteiger partial charge in [0.2, 0.25) is 0 Å². The third-order valence-corrected chi connectivity index (χ3v) is 2.31. The molecule has 1 amide bonds. The monoisotopic (exact) mass is 240 g/mol. The zero-order valence-electron chi connectivity index (χ0n) is 9.77. The van der Waals surface area contributed by atoms with Gasteiger partial charge >= 0.3 is 5.97 Å². The van der Waals surface area contributed by atoms with Crippen LogP contribution in [0.1, 0.15) is 30.2 Å². The molecule has 1 rings (SSSR count). The van der Waals surface area contributed by atoms with Gasteiger partial charge in [-0.15, -0.1) is 0 Å². The Morgan fingerprint density at radius 3 is 2.53 bits per heavy atom. The van der Waals surface area contributed by atoms with Crippen molar-refractivity contribution < 1.29 is 19.1 Å². The third-order valence-electron chi connectivity index (χ3n) is 2.31. The van der Waals surface area contributed by atoms with E-state index in [1.165, 1.54) is 6.07 Å². The number of carbonyl (C=O) groups excluding carboxylic acids is 1. The summed E-state index contributed by atoms with van der Waals surface area (Å²) in [5.41, 5.74) is 5.34. The molecule has 0 aliphatic carbocycles. The molecule has 6 nitrogen and oxygen atoms in total. The second-order valence-corrected chi connectivity index (χ2v) is 4.00. The summed E-state index contributed by atoms with van der Waals surface area (Å²) in [4.78, 5) is 22.6. The summed E-state index contributed by atoms with van der Waals surface area (Å²) < 4.78 is 5.12. The first-order valence-electron chi connectivity index (χ1n) is 5.28. The smallest absolute Gasteiger partial charge is 0.326 e. The molecule has 0 radical (unpaired) electrons. The number of nitrogens with two attached hydrogens (primary N) is 1. The second-order valence-electron chi connectivity index (χ2n) is 4.00. The minimum absolute atomic E-state index is 0.0670. The summed E-state index contributed by atoms with van der Waals surface area (Å²) in [7, 11) is 0. The number of nitrogens with one attached hydrogen (secondary N) is 1. The molecule has 94 valence electrons. The third kappa shape index (κ3) is 3.32. The molecule has 1 unspecified atom stereocenters. The molecule has 1 heterocycles. The van der Waals surface area contributed by atoms with Crippen LogP contribution in [0.4, 0.5) is 0 Å². The van der Waals surface area contributed by atoms with Crippen LogP contribution in [-0.4, -0.2) is 23.0 Å². The van der Waals surface area contributed by atoms with Crippen molar-refractivity contribution in [1.82, 2.24) is 5.32 Å². The predicted molar refractivity (Wildman–Crippen MR) is 60.3 cm³/mol. The molecule has 0 aliphatic heterocycles. The van der Waals surface area contributed by atoms with Crippen molar-refractivity contribution in [2.24, 2.45) is 11.7 Å². The number of hydrogen-bond acceptors (Lipinski definition) is 4. The Hall–Kier alpha value is -1.82. The lowest BCUT2D eigenvalue weighted by Crippen LogP contribution is -2.44. The Bertz CT molecular complexity index is 411. The quantitative estimate of drug-likeness (QED) is 0.698. The van der Waals surface area contributed by atoms with E-state index in [9.17, 15) is 9.59 Å². The van der Waals surface area contributed by atoms with Gasteiger partial charge in [0.25, 0.3) is 5.91 Å². The molecule has 0 bridgehead atoms. The molecule has 6 heteroatoms. The van der Waals surface area contributed by atoms with Crippen molar-refractivity contribution in [3.63, 3.8) is 0 Å². The van der Waals surface area contributed by atoms with Crippen LogP contribution in [0.15, 0.2) is 16.5 Å². The standard InChI is InChI=1S/C11H16N2O4/c1-6(2)9(11(15)16)13-10(14)8-4-3-7(5-12)17-8/h3-4,6,9H,5,12H2,1-2H3,(H,13,14)(H,15,16). The summed E-state index contributed by atoms with van der Waals surface area (Å²) in [6.07, 6.45) is 0. The van der Waals surface area contributed by atoms with Crippen molar-refractivity contribution >= 4 is 11.9 Å². The number of carbonyl (C=O) groups is 2. The van der Waals surface area contributed by atoms with E-state index in [0.29, 0.717) is 5.76 Å². The molecule has 0 aliphatic rings. The highest BCUT2D eigenvalue weighted by Crippen LogP contribution is 2.09. The maximum Gasteiger partial charge on any atom is 0.326 e. The number of rotatable bonds is 5. The SMILES string of the molecule is CC(C)C(NC(=O)c1ccc(CN)o1)C(=O)O. The van der Waals surface area contributed by atoms with E-state index in [1.807, 2.05) is 0 Å². The van der Waals surface area contributed by atoms with Gasteiger partial charge in [-0.05, 0) is 18.1 Å². The van der Waals surface area contributed by atoms with Crippen molar-refractivity contribution in [2.75, 3.05) is 0 Å². The summed E-state index contributed by atoms with van der Waals surface area (Å²) in [6.45, 7) is 3.62. The normalized spacial score (nSPS) is 12.5. The van der Waals surface area contributed by atoms with Crippen LogP contribution in [0.2, 0.25) is 0 Å². The van der Waals surface area contributed by atoms with Crippen LogP contribution in [0, 0.1) is 5.92 Å². The minimum Gasteiger partial charge on any atom is -0.480 e. The van der Waals surface area contributed by atoms with Gasteiger partial charge in [-0.3, -0.25) is 4.79 Å². The van der Waals surface area contributed by atoms with Gasteiger partial charge < -0.3 is 20.6 Å². The van der Waals surface area contributed by atoms with Crippen LogP contribution in [-0.2, 0) is 11.3 Å². The lowest BCUT2D eigenvalue weighted by Gasteiger charge is -2.16. The Balaban J connectivity index is 2.73. The Morgan fingerprint density at radius 1 is 1.47 bits per heavy atom. The Morgan fingerprint density at radius 2 is 2.12 bits per heavy atom. The van der Waals surface area contributed by atoms with E-state index >= 15 is 0 Å². The fourth-order valence-corrected chi connectivity index (χ4v) is 1.34. The van der Waals surface area contributed by atoms with E-state index < -0.39 is 17.9 Å². The van der Waals surface area contributed by atoms with Gasteiger partial charge in [-0.1, -0.05) is 13.8 Å². The molecule has 4 N–H and O–H groups in total. The molecule has 0 saturated heterocycles. The first-order valence-corrected chi connectivity index (χ1v) is 5.28. The largest absolute Gasteiger partial charge is 0.480 e. The van der Waals surface area contributed by atoms with Crippen LogP contribution in [0.5, 0.6) is 0 Å². The van der Waals surface area contributed by atoms with Gasteiger partial charge in [0.15, 0.2) is 5.76 Å². The highest BCUT2D eigenvalue weighted by atomic mass is 16.4. The average Bonchev–Trinajstić information content (AvgIpc) is 2.73. The lowest BCUT2D eigenvalue weighted by atomic mass is 10.0. The number of aliphatic carboxylic acids is 1. The topological polar surface area (TPSA) is 106 Å². The van der Waals surface area contributed by atoms with Gasteiger partial charge in [-0.2, -0.15) is 0 Å². The van der Waals surface area contributed by atoms with Crippen molar-refractivity contribution in [3.05, 3.63) is 23.7 Å². The molecule has 0 spiro atoms. The van der Waals surface area contributed by atoms with E-state index in [-0.39, 0.29) is 18.2 Å². The van der Waals surface area contributed by atoms with Crippen LogP contribution in [0.3, 0.4) is 0 Å². The van der Waals surface area contributed by atoms with Crippen molar-refractivity contribution in [2.45, 2.75) is 26.4 Å². The predicted octanol–water partition coefficient (Wildman–Crippen LogP) is 0.577. The fourth-order valence-electron chi connectivity index (χ4n) is 1.34. The lowest BCUT2D eigenvalue weighted by molar-refractivity contribution is -0.140. The maximum absolute atomic E-state index is 11.7. The van der Waals surface area contributed by atoms with E-state index in [1.54, 1.807) is 19.9 Å². The molecule has 0 fully saturated rings. The number of carboxylic acids is 1. The van der Waals surface area contributed by atoms with E-state index in [4.69, 9.17) is 15.3 Å². The number of hydrogen-bond donors (Lipinski definition) is 3. The molecule has 17 heavy (non-hydrogen) atoms. The fraction of sp³-hybridized carbons (Fsp3) is 0.455. The van der Waals surface area contributed by atoms with E-state index in [2.05, 4.69) is 5.32 Å². The summed E-state index contributed by atoms with van der Waals surface area (Å²) in [6, 6.07) is 2.12. The highest BCUT2D eigenvalue weighted by molar-refractivity contribution is 5.94. The minimum atomic E-state index is -1.07. The van der Waals surface area contributed by atoms with Crippen LogP contribution >= 0.6 is 0 Å². The maximum atomic E-state index is 11.7. The van der Waals surface area contributed by atoms with Gasteiger partial charge in [-0.25, -0.2) is 4.79 Å². The zero-order chi connectivity index (χ0) is 13.0. The summed E-state index contributed by atoms with van der Waals surface area (Å²) in [5, 5.41) is 11.3. The molecule has 0 aromatic carbocycles. The second kappa shape index (κ2) is 5.49. The van der Waals surface area contributed by atoms with Gasteiger partial charge in [0.05, 0.1) is 6.54 Å². The van der Waals surface area contributed by atoms with Gasteiger partial charge in [0, 0.05) is 0 Å². The van der Waals surface area contributed by atoms with Crippen LogP contribution in [0.25, 0.3) is 0 Å². The zero-order valence-corrected chi connectivity index (χ0v) is 9.77. The molecule has 1 aromatic rings.